The van der Waals surface area contributed by atoms with Crippen molar-refractivity contribution in [2.24, 2.45) is 11.8 Å². The highest BCUT2D eigenvalue weighted by Crippen LogP contribution is 2.45. The highest BCUT2D eigenvalue weighted by molar-refractivity contribution is 5.79. The zero-order chi connectivity index (χ0) is 25.8. The van der Waals surface area contributed by atoms with Crippen LogP contribution in [0.2, 0.25) is 0 Å². The first-order chi connectivity index (χ1) is 16.5. The molecule has 0 amide bonds. The fraction of sp³-hybridized carbons (Fsp3) is 0.552. The smallest absolute Gasteiger partial charge is 0.416 e. The highest BCUT2D eigenvalue weighted by Gasteiger charge is 2.42. The van der Waals surface area contributed by atoms with E-state index in [0.717, 1.165) is 31.5 Å². The molecule has 2 atom stereocenters. The summed E-state index contributed by atoms with van der Waals surface area (Å²) in [5, 5.41) is 10.0. The van der Waals surface area contributed by atoms with Gasteiger partial charge in [-0.1, -0.05) is 64.1 Å². The van der Waals surface area contributed by atoms with E-state index >= 15 is 0 Å². The van der Waals surface area contributed by atoms with Crippen LogP contribution in [0.4, 0.5) is 13.2 Å². The van der Waals surface area contributed by atoms with Crippen molar-refractivity contribution in [2.45, 2.75) is 71.4 Å². The number of nitrogens with zero attached hydrogens (tertiary/aromatic N) is 1. The predicted molar refractivity (Wildman–Crippen MR) is 135 cm³/mol. The molecule has 6 heteroatoms. The Morgan fingerprint density at radius 1 is 1.06 bits per heavy atom. The number of hydrogen-bond acceptors (Lipinski definition) is 2. The standard InChI is InChI=1S/C29H38F3NO2/c1-19(2)12-14-33-13-8-11-22(18-33)24-16-23(21-9-6-5-7-10-21)17-25(27(24)29(30,31)32)26(28(34)35)15-20(3)4/h5-7,9-10,16-17,19-20,22,26H,8,11-15,18H2,1-4H3,(H,34,35). The Morgan fingerprint density at radius 2 is 1.74 bits per heavy atom. The number of likely N-dealkylation sites (tertiary alicyclic amines) is 1. The van der Waals surface area contributed by atoms with E-state index in [1.807, 2.05) is 44.2 Å². The highest BCUT2D eigenvalue weighted by atomic mass is 19.4. The number of rotatable bonds is 9. The summed E-state index contributed by atoms with van der Waals surface area (Å²) in [7, 11) is 0. The first kappa shape index (κ1) is 27.3. The lowest BCUT2D eigenvalue weighted by atomic mass is 9.78. The number of carboxylic acid groups (broad SMARTS) is 1. The van der Waals surface area contributed by atoms with Gasteiger partial charge >= 0.3 is 12.1 Å². The third kappa shape index (κ3) is 7.09. The quantitative estimate of drug-likeness (QED) is 0.390. The summed E-state index contributed by atoms with van der Waals surface area (Å²) < 4.78 is 44.1. The van der Waals surface area contributed by atoms with Crippen molar-refractivity contribution >= 4 is 5.97 Å². The van der Waals surface area contributed by atoms with Crippen LogP contribution < -0.4 is 0 Å². The van der Waals surface area contributed by atoms with Gasteiger partial charge in [-0.15, -0.1) is 0 Å². The Labute approximate surface area is 207 Å². The van der Waals surface area contributed by atoms with Gasteiger partial charge in [0.25, 0.3) is 0 Å². The van der Waals surface area contributed by atoms with Crippen LogP contribution in [0.25, 0.3) is 11.1 Å². The molecule has 2 aromatic rings. The number of hydrogen-bond donors (Lipinski definition) is 1. The molecular weight excluding hydrogens is 451 g/mol. The molecule has 1 N–H and O–H groups in total. The van der Waals surface area contributed by atoms with Crippen LogP contribution in [-0.2, 0) is 11.0 Å². The van der Waals surface area contributed by atoms with Crippen molar-refractivity contribution < 1.29 is 23.1 Å². The van der Waals surface area contributed by atoms with Gasteiger partial charge in [0.15, 0.2) is 0 Å². The van der Waals surface area contributed by atoms with Crippen molar-refractivity contribution in [1.29, 1.82) is 0 Å². The van der Waals surface area contributed by atoms with Crippen LogP contribution in [0.15, 0.2) is 42.5 Å². The Bertz CT molecular complexity index is 985. The van der Waals surface area contributed by atoms with Gasteiger partial charge in [0.2, 0.25) is 0 Å². The van der Waals surface area contributed by atoms with E-state index < -0.39 is 23.6 Å². The summed E-state index contributed by atoms with van der Waals surface area (Å²) in [4.78, 5) is 14.5. The van der Waals surface area contributed by atoms with Crippen molar-refractivity contribution in [2.75, 3.05) is 19.6 Å². The second kappa shape index (κ2) is 11.6. The molecule has 192 valence electrons. The third-order valence-electron chi connectivity index (χ3n) is 6.94. The lowest BCUT2D eigenvalue weighted by Crippen LogP contribution is -2.36. The van der Waals surface area contributed by atoms with E-state index in [-0.39, 0.29) is 29.4 Å². The minimum atomic E-state index is -4.63. The van der Waals surface area contributed by atoms with E-state index in [0.29, 0.717) is 24.4 Å². The zero-order valence-corrected chi connectivity index (χ0v) is 21.2. The molecule has 35 heavy (non-hydrogen) atoms. The SMILES string of the molecule is CC(C)CCN1CCCC(c2cc(-c3ccccc3)cc(C(CC(C)C)C(=O)O)c2C(F)(F)F)C1. The van der Waals surface area contributed by atoms with E-state index in [1.54, 1.807) is 6.07 Å². The third-order valence-corrected chi connectivity index (χ3v) is 6.94. The van der Waals surface area contributed by atoms with E-state index in [4.69, 9.17) is 0 Å². The summed E-state index contributed by atoms with van der Waals surface area (Å²) in [6, 6.07) is 12.4. The molecule has 0 aliphatic carbocycles. The average Bonchev–Trinajstić information content (AvgIpc) is 2.80. The van der Waals surface area contributed by atoms with E-state index in [2.05, 4.69) is 18.7 Å². The monoisotopic (exact) mass is 489 g/mol. The van der Waals surface area contributed by atoms with Gasteiger partial charge in [-0.05, 0) is 84.8 Å². The minimum Gasteiger partial charge on any atom is -0.481 e. The van der Waals surface area contributed by atoms with E-state index in [9.17, 15) is 23.1 Å². The van der Waals surface area contributed by atoms with Gasteiger partial charge in [-0.2, -0.15) is 13.2 Å². The van der Waals surface area contributed by atoms with E-state index in [1.165, 1.54) is 6.07 Å². The number of piperidine rings is 1. The van der Waals surface area contributed by atoms with Crippen LogP contribution in [-0.4, -0.2) is 35.6 Å². The molecule has 1 saturated heterocycles. The van der Waals surface area contributed by atoms with Crippen molar-refractivity contribution in [3.8, 4) is 11.1 Å². The Balaban J connectivity index is 2.19. The van der Waals surface area contributed by atoms with Crippen LogP contribution >= 0.6 is 0 Å². The summed E-state index contributed by atoms with van der Waals surface area (Å²) in [6.45, 7) is 10.3. The molecule has 1 heterocycles. The molecule has 1 aliphatic rings. The predicted octanol–water partition coefficient (Wildman–Crippen LogP) is 7.81. The van der Waals surface area contributed by atoms with Crippen LogP contribution in [0, 0.1) is 11.8 Å². The van der Waals surface area contributed by atoms with Gasteiger partial charge in [0.1, 0.15) is 0 Å². The Hall–Kier alpha value is -2.34. The molecular formula is C29H38F3NO2. The summed E-state index contributed by atoms with van der Waals surface area (Å²) in [6.07, 6.45) is -1.98. The average molecular weight is 490 g/mol. The normalized spacial score (nSPS) is 18.3. The fourth-order valence-corrected chi connectivity index (χ4v) is 5.19. The van der Waals surface area contributed by atoms with Gasteiger partial charge in [0.05, 0.1) is 11.5 Å². The molecule has 1 fully saturated rings. The maximum atomic E-state index is 14.7. The first-order valence-electron chi connectivity index (χ1n) is 12.7. The lowest BCUT2D eigenvalue weighted by Gasteiger charge is -2.35. The first-order valence-corrected chi connectivity index (χ1v) is 12.7. The Morgan fingerprint density at radius 3 is 2.31 bits per heavy atom. The largest absolute Gasteiger partial charge is 0.481 e. The van der Waals surface area contributed by atoms with Gasteiger partial charge in [-0.25, -0.2) is 0 Å². The van der Waals surface area contributed by atoms with Crippen LogP contribution in [0.1, 0.15) is 81.9 Å². The molecule has 0 radical (unpaired) electrons. The van der Waals surface area contributed by atoms with Crippen LogP contribution in [0.5, 0.6) is 0 Å². The minimum absolute atomic E-state index is 0.0535. The summed E-state index contributed by atoms with van der Waals surface area (Å²) in [5.74, 6) is -2.23. The molecule has 0 spiro atoms. The fourth-order valence-electron chi connectivity index (χ4n) is 5.19. The molecule has 2 unspecified atom stereocenters. The number of aliphatic carboxylic acids is 1. The van der Waals surface area contributed by atoms with Gasteiger partial charge in [-0.3, -0.25) is 4.79 Å². The number of halogens is 3. The van der Waals surface area contributed by atoms with Crippen molar-refractivity contribution in [3.05, 3.63) is 59.2 Å². The van der Waals surface area contributed by atoms with Gasteiger partial charge < -0.3 is 10.0 Å². The van der Waals surface area contributed by atoms with Crippen molar-refractivity contribution in [1.82, 2.24) is 4.90 Å². The molecule has 3 nitrogen and oxygen atoms in total. The number of benzene rings is 2. The zero-order valence-electron chi connectivity index (χ0n) is 21.2. The second-order valence-electron chi connectivity index (χ2n) is 10.7. The molecule has 2 aromatic carbocycles. The summed E-state index contributed by atoms with van der Waals surface area (Å²) >= 11 is 0. The molecule has 3 rings (SSSR count). The topological polar surface area (TPSA) is 40.5 Å². The van der Waals surface area contributed by atoms with Gasteiger partial charge in [0, 0.05) is 6.54 Å². The number of alkyl halides is 3. The second-order valence-corrected chi connectivity index (χ2v) is 10.7. The number of carboxylic acids is 1. The van der Waals surface area contributed by atoms with Crippen molar-refractivity contribution in [3.63, 3.8) is 0 Å². The van der Waals surface area contributed by atoms with Crippen LogP contribution in [0.3, 0.4) is 0 Å². The lowest BCUT2D eigenvalue weighted by molar-refractivity contribution is -0.142. The molecule has 0 saturated carbocycles. The maximum absolute atomic E-state index is 14.7. The molecule has 0 bridgehead atoms. The number of carbonyl (C=O) groups is 1. The molecule has 0 aromatic heterocycles. The Kier molecular flexibility index (Phi) is 9.03. The molecule has 1 aliphatic heterocycles. The maximum Gasteiger partial charge on any atom is 0.416 e. The summed E-state index contributed by atoms with van der Waals surface area (Å²) in [5.41, 5.74) is 0.858.